The van der Waals surface area contributed by atoms with Crippen LogP contribution in [-0.2, 0) is 12.8 Å². The van der Waals surface area contributed by atoms with E-state index >= 15 is 0 Å². The van der Waals surface area contributed by atoms with Gasteiger partial charge in [-0.3, -0.25) is 0 Å². The fourth-order valence-electron chi connectivity index (χ4n) is 1.90. The van der Waals surface area contributed by atoms with Crippen molar-refractivity contribution in [1.82, 2.24) is 9.97 Å². The number of hydrogen-bond donors (Lipinski definition) is 1. The number of aryl methyl sites for hydroxylation is 2. The van der Waals surface area contributed by atoms with E-state index in [1.165, 1.54) is 5.56 Å². The summed E-state index contributed by atoms with van der Waals surface area (Å²) in [6.45, 7) is 4.25. The standard InChI is InChI=1S/C13H17N3/c1-3-6-11-15-12-9(4-2)7-5-8-10(12)13(14)16-11/h5,7-8H,3-4,6H2,1-2H3,(H2,14,15,16). The Morgan fingerprint density at radius 2 is 2.00 bits per heavy atom. The van der Waals surface area contributed by atoms with Crippen LogP contribution in [0.25, 0.3) is 10.9 Å². The number of para-hydroxylation sites is 1. The molecule has 2 N–H and O–H groups in total. The van der Waals surface area contributed by atoms with E-state index in [-0.39, 0.29) is 0 Å². The minimum absolute atomic E-state index is 0.601. The van der Waals surface area contributed by atoms with E-state index < -0.39 is 0 Å². The molecular formula is C13H17N3. The molecule has 3 heteroatoms. The fourth-order valence-corrected chi connectivity index (χ4v) is 1.90. The van der Waals surface area contributed by atoms with Crippen molar-refractivity contribution in [3.8, 4) is 0 Å². The third-order valence-corrected chi connectivity index (χ3v) is 2.74. The van der Waals surface area contributed by atoms with Crippen LogP contribution < -0.4 is 5.73 Å². The predicted molar refractivity (Wildman–Crippen MR) is 67.3 cm³/mol. The van der Waals surface area contributed by atoms with Crippen LogP contribution in [0, 0.1) is 0 Å². The molecule has 0 saturated heterocycles. The Bertz CT molecular complexity index is 506. The number of rotatable bonds is 3. The molecule has 0 unspecified atom stereocenters. The molecule has 0 atom stereocenters. The summed E-state index contributed by atoms with van der Waals surface area (Å²) < 4.78 is 0. The van der Waals surface area contributed by atoms with Gasteiger partial charge in [0.15, 0.2) is 0 Å². The lowest BCUT2D eigenvalue weighted by molar-refractivity contribution is 0.845. The molecule has 2 rings (SSSR count). The molecule has 0 saturated carbocycles. The number of aromatic nitrogens is 2. The van der Waals surface area contributed by atoms with Crippen LogP contribution >= 0.6 is 0 Å². The zero-order chi connectivity index (χ0) is 11.5. The number of nitrogens with two attached hydrogens (primary N) is 1. The van der Waals surface area contributed by atoms with Crippen LogP contribution in [-0.4, -0.2) is 9.97 Å². The minimum Gasteiger partial charge on any atom is -0.383 e. The van der Waals surface area contributed by atoms with E-state index in [1.54, 1.807) is 0 Å². The Balaban J connectivity index is 2.67. The van der Waals surface area contributed by atoms with E-state index in [2.05, 4.69) is 29.9 Å². The molecule has 0 radical (unpaired) electrons. The molecule has 0 aliphatic heterocycles. The number of nitrogen functional groups attached to an aromatic ring is 1. The van der Waals surface area contributed by atoms with Crippen molar-refractivity contribution < 1.29 is 0 Å². The molecule has 84 valence electrons. The van der Waals surface area contributed by atoms with Crippen LogP contribution in [0.5, 0.6) is 0 Å². The number of anilines is 1. The Morgan fingerprint density at radius 1 is 1.19 bits per heavy atom. The van der Waals surface area contributed by atoms with Crippen LogP contribution in [0.1, 0.15) is 31.7 Å². The molecule has 16 heavy (non-hydrogen) atoms. The van der Waals surface area contributed by atoms with Gasteiger partial charge in [-0.2, -0.15) is 0 Å². The Labute approximate surface area is 95.7 Å². The van der Waals surface area contributed by atoms with Gasteiger partial charge in [0.2, 0.25) is 0 Å². The summed E-state index contributed by atoms with van der Waals surface area (Å²) in [5.41, 5.74) is 8.21. The van der Waals surface area contributed by atoms with Gasteiger partial charge in [-0.05, 0) is 24.5 Å². The summed E-state index contributed by atoms with van der Waals surface area (Å²) in [6.07, 6.45) is 2.90. The van der Waals surface area contributed by atoms with Crippen LogP contribution in [0.4, 0.5) is 5.82 Å². The first-order chi connectivity index (χ1) is 7.76. The highest BCUT2D eigenvalue weighted by molar-refractivity contribution is 5.90. The largest absolute Gasteiger partial charge is 0.383 e. The second-order valence-corrected chi connectivity index (χ2v) is 3.94. The lowest BCUT2D eigenvalue weighted by Crippen LogP contribution is -2.02. The van der Waals surface area contributed by atoms with Gasteiger partial charge < -0.3 is 5.73 Å². The molecule has 1 aromatic heterocycles. The first-order valence-corrected chi connectivity index (χ1v) is 5.80. The quantitative estimate of drug-likeness (QED) is 0.856. The SMILES string of the molecule is CCCc1nc(N)c2cccc(CC)c2n1. The van der Waals surface area contributed by atoms with Crippen molar-refractivity contribution in [2.45, 2.75) is 33.1 Å². The van der Waals surface area contributed by atoms with E-state index in [9.17, 15) is 0 Å². The molecule has 0 fully saturated rings. The summed E-state index contributed by atoms with van der Waals surface area (Å²) >= 11 is 0. The van der Waals surface area contributed by atoms with Gasteiger partial charge >= 0.3 is 0 Å². The van der Waals surface area contributed by atoms with E-state index in [4.69, 9.17) is 5.73 Å². The highest BCUT2D eigenvalue weighted by atomic mass is 14.9. The topological polar surface area (TPSA) is 51.8 Å². The third kappa shape index (κ3) is 1.85. The zero-order valence-corrected chi connectivity index (χ0v) is 9.83. The minimum atomic E-state index is 0.601. The van der Waals surface area contributed by atoms with Gasteiger partial charge in [0.05, 0.1) is 5.52 Å². The molecule has 3 nitrogen and oxygen atoms in total. The number of nitrogens with zero attached hydrogens (tertiary/aromatic N) is 2. The van der Waals surface area contributed by atoms with Gasteiger partial charge in [-0.15, -0.1) is 0 Å². The van der Waals surface area contributed by atoms with Crippen LogP contribution in [0.15, 0.2) is 18.2 Å². The first-order valence-electron chi connectivity index (χ1n) is 5.80. The molecule has 0 spiro atoms. The van der Waals surface area contributed by atoms with Crippen molar-refractivity contribution in [2.24, 2.45) is 0 Å². The van der Waals surface area contributed by atoms with Gasteiger partial charge in [0.25, 0.3) is 0 Å². The third-order valence-electron chi connectivity index (χ3n) is 2.74. The van der Waals surface area contributed by atoms with E-state index in [0.717, 1.165) is 36.0 Å². The summed E-state index contributed by atoms with van der Waals surface area (Å²) in [5.74, 6) is 1.46. The normalized spacial score (nSPS) is 10.9. The lowest BCUT2D eigenvalue weighted by atomic mass is 10.1. The van der Waals surface area contributed by atoms with Gasteiger partial charge in [0, 0.05) is 11.8 Å². The molecule has 2 aromatic rings. The van der Waals surface area contributed by atoms with Crippen molar-refractivity contribution in [3.63, 3.8) is 0 Å². The molecule has 0 bridgehead atoms. The van der Waals surface area contributed by atoms with Crippen LogP contribution in [0.3, 0.4) is 0 Å². The van der Waals surface area contributed by atoms with E-state index in [0.29, 0.717) is 5.82 Å². The molecule has 0 amide bonds. The van der Waals surface area contributed by atoms with E-state index in [1.807, 2.05) is 12.1 Å². The fraction of sp³-hybridized carbons (Fsp3) is 0.385. The summed E-state index contributed by atoms with van der Waals surface area (Å²) in [7, 11) is 0. The van der Waals surface area contributed by atoms with Gasteiger partial charge in [0.1, 0.15) is 11.6 Å². The van der Waals surface area contributed by atoms with Crippen molar-refractivity contribution >= 4 is 16.7 Å². The zero-order valence-electron chi connectivity index (χ0n) is 9.83. The van der Waals surface area contributed by atoms with Crippen LogP contribution in [0.2, 0.25) is 0 Å². The summed E-state index contributed by atoms with van der Waals surface area (Å²) in [5, 5.41) is 0.971. The number of hydrogen-bond acceptors (Lipinski definition) is 3. The Kier molecular flexibility index (Phi) is 3.04. The maximum absolute atomic E-state index is 5.96. The second kappa shape index (κ2) is 4.47. The maximum Gasteiger partial charge on any atom is 0.135 e. The second-order valence-electron chi connectivity index (χ2n) is 3.94. The monoisotopic (exact) mass is 215 g/mol. The highest BCUT2D eigenvalue weighted by Gasteiger charge is 2.07. The Hall–Kier alpha value is -1.64. The molecule has 0 aliphatic carbocycles. The lowest BCUT2D eigenvalue weighted by Gasteiger charge is -2.07. The summed E-state index contributed by atoms with van der Waals surface area (Å²) in [4.78, 5) is 8.94. The molecule has 1 heterocycles. The van der Waals surface area contributed by atoms with Gasteiger partial charge in [-0.25, -0.2) is 9.97 Å². The average molecular weight is 215 g/mol. The number of fused-ring (bicyclic) bond motifs is 1. The smallest absolute Gasteiger partial charge is 0.135 e. The average Bonchev–Trinajstić information content (AvgIpc) is 2.29. The Morgan fingerprint density at radius 3 is 2.69 bits per heavy atom. The molecular weight excluding hydrogens is 198 g/mol. The van der Waals surface area contributed by atoms with Crippen molar-refractivity contribution in [3.05, 3.63) is 29.6 Å². The number of benzene rings is 1. The molecule has 0 aliphatic rings. The predicted octanol–water partition coefficient (Wildman–Crippen LogP) is 2.73. The molecule has 1 aromatic carbocycles. The van der Waals surface area contributed by atoms with Crippen molar-refractivity contribution in [2.75, 3.05) is 5.73 Å². The van der Waals surface area contributed by atoms with Gasteiger partial charge in [-0.1, -0.05) is 26.0 Å². The first kappa shape index (κ1) is 10.9. The maximum atomic E-state index is 5.96. The van der Waals surface area contributed by atoms with Crippen molar-refractivity contribution in [1.29, 1.82) is 0 Å². The summed E-state index contributed by atoms with van der Waals surface area (Å²) in [6, 6.07) is 6.10. The highest BCUT2D eigenvalue weighted by Crippen LogP contribution is 2.21.